The van der Waals surface area contributed by atoms with E-state index in [1.807, 2.05) is 48.5 Å². The normalized spacial score (nSPS) is 18.4. The summed E-state index contributed by atoms with van der Waals surface area (Å²) < 4.78 is 29.3. The standard InChI is InChI=1S/C23H29NO4S/c1-23(2,3)19-9-7-18(8-10-19)22(25)24(20-13-14-29(26,27)16-20)15-17-5-11-21(28-4)12-6-17/h5-12,20H,13-16H2,1-4H3. The number of sulfone groups is 1. The topological polar surface area (TPSA) is 63.7 Å². The van der Waals surface area contributed by atoms with Crippen molar-refractivity contribution in [3.63, 3.8) is 0 Å². The van der Waals surface area contributed by atoms with E-state index in [2.05, 4.69) is 20.8 Å². The molecule has 1 fully saturated rings. The Bertz CT molecular complexity index is 957. The second-order valence-electron chi connectivity index (χ2n) is 8.67. The van der Waals surface area contributed by atoms with Crippen LogP contribution >= 0.6 is 0 Å². The molecule has 1 aliphatic heterocycles. The number of ether oxygens (including phenoxy) is 1. The number of carbonyl (C=O) groups excluding carboxylic acids is 1. The van der Waals surface area contributed by atoms with Crippen LogP contribution in [0.2, 0.25) is 0 Å². The van der Waals surface area contributed by atoms with Crippen LogP contribution in [0.4, 0.5) is 0 Å². The van der Waals surface area contributed by atoms with E-state index < -0.39 is 9.84 Å². The fourth-order valence-corrected chi connectivity index (χ4v) is 5.32. The van der Waals surface area contributed by atoms with Gasteiger partial charge in [0.1, 0.15) is 5.75 Å². The predicted molar refractivity (Wildman–Crippen MR) is 115 cm³/mol. The fourth-order valence-electron chi connectivity index (χ4n) is 3.59. The molecule has 156 valence electrons. The van der Waals surface area contributed by atoms with Gasteiger partial charge in [0.05, 0.1) is 18.6 Å². The van der Waals surface area contributed by atoms with Gasteiger partial charge in [0, 0.05) is 18.2 Å². The number of nitrogens with zero attached hydrogens (tertiary/aromatic N) is 1. The van der Waals surface area contributed by atoms with Gasteiger partial charge >= 0.3 is 0 Å². The lowest BCUT2D eigenvalue weighted by Crippen LogP contribution is -2.40. The molecule has 5 nitrogen and oxygen atoms in total. The van der Waals surface area contributed by atoms with Crippen LogP contribution in [-0.4, -0.2) is 43.9 Å². The Kier molecular flexibility index (Phi) is 6.03. The average molecular weight is 416 g/mol. The van der Waals surface area contributed by atoms with Gasteiger partial charge in [0.2, 0.25) is 0 Å². The van der Waals surface area contributed by atoms with E-state index in [1.165, 1.54) is 0 Å². The summed E-state index contributed by atoms with van der Waals surface area (Å²) in [5.74, 6) is 0.762. The lowest BCUT2D eigenvalue weighted by molar-refractivity contribution is 0.0681. The minimum absolute atomic E-state index is 0.00386. The monoisotopic (exact) mass is 415 g/mol. The number of benzene rings is 2. The van der Waals surface area contributed by atoms with Crippen LogP contribution in [0.25, 0.3) is 0 Å². The number of hydrogen-bond acceptors (Lipinski definition) is 4. The SMILES string of the molecule is COc1ccc(CN(C(=O)c2ccc(C(C)(C)C)cc2)C2CCS(=O)(=O)C2)cc1. The van der Waals surface area contributed by atoms with E-state index in [1.54, 1.807) is 12.0 Å². The second kappa shape index (κ2) is 8.19. The van der Waals surface area contributed by atoms with Crippen molar-refractivity contribution in [2.45, 2.75) is 45.2 Å². The van der Waals surface area contributed by atoms with Gasteiger partial charge < -0.3 is 9.64 Å². The maximum atomic E-state index is 13.3. The first-order valence-electron chi connectivity index (χ1n) is 9.84. The van der Waals surface area contributed by atoms with Gasteiger partial charge in [-0.15, -0.1) is 0 Å². The summed E-state index contributed by atoms with van der Waals surface area (Å²) in [6, 6.07) is 14.8. The molecule has 3 rings (SSSR count). The Morgan fingerprint density at radius 3 is 2.17 bits per heavy atom. The average Bonchev–Trinajstić information content (AvgIpc) is 3.05. The molecule has 1 saturated heterocycles. The maximum absolute atomic E-state index is 13.3. The van der Waals surface area contributed by atoms with Crippen molar-refractivity contribution in [2.75, 3.05) is 18.6 Å². The van der Waals surface area contributed by atoms with Gasteiger partial charge in [0.15, 0.2) is 9.84 Å². The van der Waals surface area contributed by atoms with Gasteiger partial charge in [0.25, 0.3) is 5.91 Å². The van der Waals surface area contributed by atoms with E-state index in [9.17, 15) is 13.2 Å². The quantitative estimate of drug-likeness (QED) is 0.745. The molecule has 1 heterocycles. The first-order valence-corrected chi connectivity index (χ1v) is 11.7. The lowest BCUT2D eigenvalue weighted by atomic mass is 9.86. The Labute approximate surface area is 173 Å². The van der Waals surface area contributed by atoms with Crippen molar-refractivity contribution >= 4 is 15.7 Å². The van der Waals surface area contributed by atoms with Crippen molar-refractivity contribution < 1.29 is 17.9 Å². The molecular formula is C23H29NO4S. The van der Waals surface area contributed by atoms with Gasteiger partial charge in [-0.05, 0) is 47.2 Å². The summed E-state index contributed by atoms with van der Waals surface area (Å²) in [6.07, 6.45) is 0.476. The van der Waals surface area contributed by atoms with Crippen molar-refractivity contribution in [2.24, 2.45) is 0 Å². The highest BCUT2D eigenvalue weighted by Gasteiger charge is 2.35. The highest BCUT2D eigenvalue weighted by Crippen LogP contribution is 2.26. The third-order valence-electron chi connectivity index (χ3n) is 5.42. The molecule has 0 aliphatic carbocycles. The van der Waals surface area contributed by atoms with E-state index in [4.69, 9.17) is 4.74 Å². The smallest absolute Gasteiger partial charge is 0.254 e. The first kappa shape index (κ1) is 21.4. The van der Waals surface area contributed by atoms with Gasteiger partial charge in [-0.2, -0.15) is 0 Å². The van der Waals surface area contributed by atoms with Crippen LogP contribution < -0.4 is 4.74 Å². The van der Waals surface area contributed by atoms with E-state index in [0.717, 1.165) is 16.9 Å². The Hall–Kier alpha value is -2.34. The Balaban J connectivity index is 1.88. The summed E-state index contributed by atoms with van der Waals surface area (Å²) in [5.41, 5.74) is 2.67. The van der Waals surface area contributed by atoms with Crippen molar-refractivity contribution in [3.05, 3.63) is 65.2 Å². The summed E-state index contributed by atoms with van der Waals surface area (Å²) in [5, 5.41) is 0. The number of methoxy groups -OCH3 is 1. The Morgan fingerprint density at radius 1 is 1.07 bits per heavy atom. The minimum atomic E-state index is -3.10. The van der Waals surface area contributed by atoms with Crippen LogP contribution in [-0.2, 0) is 21.8 Å². The van der Waals surface area contributed by atoms with E-state index in [-0.39, 0.29) is 28.9 Å². The van der Waals surface area contributed by atoms with Crippen LogP contribution in [0.3, 0.4) is 0 Å². The Morgan fingerprint density at radius 2 is 1.69 bits per heavy atom. The van der Waals surface area contributed by atoms with Crippen LogP contribution in [0.15, 0.2) is 48.5 Å². The van der Waals surface area contributed by atoms with Crippen LogP contribution in [0.5, 0.6) is 5.75 Å². The molecule has 1 aliphatic rings. The zero-order chi connectivity index (χ0) is 21.2. The number of carbonyl (C=O) groups is 1. The summed E-state index contributed by atoms with van der Waals surface area (Å²) in [6.45, 7) is 6.75. The third kappa shape index (κ3) is 5.18. The molecule has 0 bridgehead atoms. The number of hydrogen-bond donors (Lipinski definition) is 0. The van der Waals surface area contributed by atoms with Crippen LogP contribution in [0, 0.1) is 0 Å². The summed E-state index contributed by atoms with van der Waals surface area (Å²) in [4.78, 5) is 15.0. The van der Waals surface area contributed by atoms with Crippen molar-refractivity contribution in [3.8, 4) is 5.75 Å². The number of amides is 1. The molecule has 2 aromatic carbocycles. The van der Waals surface area contributed by atoms with Crippen molar-refractivity contribution in [1.29, 1.82) is 0 Å². The molecule has 6 heteroatoms. The molecule has 1 amide bonds. The molecule has 0 saturated carbocycles. The second-order valence-corrected chi connectivity index (χ2v) is 10.9. The third-order valence-corrected chi connectivity index (χ3v) is 7.17. The van der Waals surface area contributed by atoms with Gasteiger partial charge in [-0.25, -0.2) is 8.42 Å². The molecule has 29 heavy (non-hydrogen) atoms. The van der Waals surface area contributed by atoms with Gasteiger partial charge in [-0.1, -0.05) is 45.0 Å². The molecule has 0 aromatic heterocycles. The first-order chi connectivity index (χ1) is 13.6. The molecule has 2 aromatic rings. The highest BCUT2D eigenvalue weighted by atomic mass is 32.2. The molecule has 1 unspecified atom stereocenters. The van der Waals surface area contributed by atoms with Crippen molar-refractivity contribution in [1.82, 2.24) is 4.90 Å². The fraction of sp³-hybridized carbons (Fsp3) is 0.435. The minimum Gasteiger partial charge on any atom is -0.497 e. The highest BCUT2D eigenvalue weighted by molar-refractivity contribution is 7.91. The predicted octanol–water partition coefficient (Wildman–Crippen LogP) is 3.82. The van der Waals surface area contributed by atoms with E-state index in [0.29, 0.717) is 18.5 Å². The zero-order valence-electron chi connectivity index (χ0n) is 17.5. The molecule has 0 N–H and O–H groups in total. The molecular weight excluding hydrogens is 386 g/mol. The van der Waals surface area contributed by atoms with E-state index >= 15 is 0 Å². The summed E-state index contributed by atoms with van der Waals surface area (Å²) in [7, 11) is -1.49. The van der Waals surface area contributed by atoms with Crippen LogP contribution in [0.1, 0.15) is 48.7 Å². The van der Waals surface area contributed by atoms with Gasteiger partial charge in [-0.3, -0.25) is 4.79 Å². The maximum Gasteiger partial charge on any atom is 0.254 e. The molecule has 1 atom stereocenters. The number of rotatable bonds is 5. The molecule has 0 radical (unpaired) electrons. The summed E-state index contributed by atoms with van der Waals surface area (Å²) >= 11 is 0. The molecule has 0 spiro atoms. The zero-order valence-corrected chi connectivity index (χ0v) is 18.3. The lowest BCUT2D eigenvalue weighted by Gasteiger charge is -2.29. The largest absolute Gasteiger partial charge is 0.497 e.